The van der Waals surface area contributed by atoms with Gasteiger partial charge >= 0.3 is 5.97 Å². The van der Waals surface area contributed by atoms with Gasteiger partial charge in [0.05, 0.1) is 6.42 Å². The SMILES string of the molecule is O=C(COC(=O)CCN1CCSC1=O)NCCc1ccc(F)cc1. The van der Waals surface area contributed by atoms with Gasteiger partial charge in [0.1, 0.15) is 5.82 Å². The summed E-state index contributed by atoms with van der Waals surface area (Å²) in [4.78, 5) is 36.1. The zero-order valence-corrected chi connectivity index (χ0v) is 13.9. The molecule has 2 amide bonds. The fourth-order valence-corrected chi connectivity index (χ4v) is 2.97. The van der Waals surface area contributed by atoms with E-state index in [2.05, 4.69) is 5.32 Å². The minimum absolute atomic E-state index is 0.0265. The van der Waals surface area contributed by atoms with Gasteiger partial charge in [-0.2, -0.15) is 0 Å². The van der Waals surface area contributed by atoms with Crippen molar-refractivity contribution in [3.63, 3.8) is 0 Å². The number of amides is 2. The van der Waals surface area contributed by atoms with Gasteiger partial charge in [0, 0.05) is 25.4 Å². The smallest absolute Gasteiger partial charge is 0.308 e. The summed E-state index contributed by atoms with van der Waals surface area (Å²) >= 11 is 1.23. The first-order valence-electron chi connectivity index (χ1n) is 7.63. The standard InChI is InChI=1S/C16H19FN2O4S/c17-13-3-1-12(2-4-13)5-7-18-14(20)11-23-15(21)6-8-19-9-10-24-16(19)22/h1-4H,5-11H2,(H,18,20). The normalized spacial score (nSPS) is 13.9. The van der Waals surface area contributed by atoms with Crippen molar-refractivity contribution in [2.24, 2.45) is 0 Å². The minimum Gasteiger partial charge on any atom is -0.456 e. The van der Waals surface area contributed by atoms with Gasteiger partial charge in [-0.05, 0) is 24.1 Å². The summed E-state index contributed by atoms with van der Waals surface area (Å²) in [7, 11) is 0. The lowest BCUT2D eigenvalue weighted by atomic mass is 10.1. The maximum Gasteiger partial charge on any atom is 0.308 e. The average Bonchev–Trinajstić information content (AvgIpc) is 2.98. The lowest BCUT2D eigenvalue weighted by Gasteiger charge is -2.13. The minimum atomic E-state index is -0.506. The Hall–Kier alpha value is -2.09. The van der Waals surface area contributed by atoms with E-state index in [-0.39, 0.29) is 24.1 Å². The van der Waals surface area contributed by atoms with Crippen molar-refractivity contribution in [3.05, 3.63) is 35.6 Å². The van der Waals surface area contributed by atoms with E-state index in [0.717, 1.165) is 11.3 Å². The lowest BCUT2D eigenvalue weighted by molar-refractivity contribution is -0.148. The van der Waals surface area contributed by atoms with Crippen LogP contribution in [-0.4, -0.2) is 54.0 Å². The molecule has 130 valence electrons. The molecule has 1 fully saturated rings. The summed E-state index contributed by atoms with van der Waals surface area (Å²) in [5.41, 5.74) is 0.904. The molecule has 24 heavy (non-hydrogen) atoms. The Balaban J connectivity index is 1.56. The number of carbonyl (C=O) groups excluding carboxylic acids is 3. The fraction of sp³-hybridized carbons (Fsp3) is 0.438. The largest absolute Gasteiger partial charge is 0.456 e. The molecule has 1 saturated heterocycles. The molecule has 0 aromatic heterocycles. The quantitative estimate of drug-likeness (QED) is 0.718. The second-order valence-electron chi connectivity index (χ2n) is 5.24. The first kappa shape index (κ1) is 18.3. The predicted octanol–water partition coefficient (Wildman–Crippen LogP) is 1.59. The molecular formula is C16H19FN2O4S. The van der Waals surface area contributed by atoms with Crippen LogP contribution in [0.2, 0.25) is 0 Å². The molecule has 1 N–H and O–H groups in total. The van der Waals surface area contributed by atoms with E-state index in [4.69, 9.17) is 4.74 Å². The molecule has 1 heterocycles. The van der Waals surface area contributed by atoms with E-state index in [1.54, 1.807) is 17.0 Å². The number of thioether (sulfide) groups is 1. The summed E-state index contributed by atoms with van der Waals surface area (Å²) < 4.78 is 17.6. The monoisotopic (exact) mass is 354 g/mol. The van der Waals surface area contributed by atoms with Crippen LogP contribution >= 0.6 is 11.8 Å². The first-order valence-corrected chi connectivity index (χ1v) is 8.61. The van der Waals surface area contributed by atoms with Crippen LogP contribution in [0.15, 0.2) is 24.3 Å². The molecule has 0 spiro atoms. The number of esters is 1. The van der Waals surface area contributed by atoms with Crippen molar-refractivity contribution >= 4 is 28.9 Å². The van der Waals surface area contributed by atoms with Crippen LogP contribution in [-0.2, 0) is 20.7 Å². The number of halogens is 1. The molecule has 2 rings (SSSR count). The van der Waals surface area contributed by atoms with E-state index in [0.29, 0.717) is 26.1 Å². The lowest BCUT2D eigenvalue weighted by Crippen LogP contribution is -2.31. The predicted molar refractivity (Wildman–Crippen MR) is 88.1 cm³/mol. The number of ether oxygens (including phenoxy) is 1. The summed E-state index contributed by atoms with van der Waals surface area (Å²) in [5, 5.41) is 2.60. The second kappa shape index (κ2) is 9.27. The second-order valence-corrected chi connectivity index (χ2v) is 6.28. The van der Waals surface area contributed by atoms with Crippen LogP contribution in [0.4, 0.5) is 9.18 Å². The molecule has 8 heteroatoms. The van der Waals surface area contributed by atoms with Crippen molar-refractivity contribution in [3.8, 4) is 0 Å². The van der Waals surface area contributed by atoms with Gasteiger partial charge in [0.15, 0.2) is 6.61 Å². The Kier molecular flexibility index (Phi) is 7.05. The van der Waals surface area contributed by atoms with Gasteiger partial charge in [-0.15, -0.1) is 0 Å². The van der Waals surface area contributed by atoms with Crippen LogP contribution in [0.25, 0.3) is 0 Å². The number of hydrogen-bond donors (Lipinski definition) is 1. The molecule has 1 aromatic carbocycles. The van der Waals surface area contributed by atoms with Crippen molar-refractivity contribution in [1.29, 1.82) is 0 Å². The van der Waals surface area contributed by atoms with Crippen LogP contribution in [0.3, 0.4) is 0 Å². The summed E-state index contributed by atoms with van der Waals surface area (Å²) in [6.07, 6.45) is 0.643. The molecule has 1 aliphatic heterocycles. The number of nitrogens with one attached hydrogen (secondary N) is 1. The number of hydrogen-bond acceptors (Lipinski definition) is 5. The topological polar surface area (TPSA) is 75.7 Å². The summed E-state index contributed by atoms with van der Waals surface area (Å²) in [5.74, 6) is -0.458. The Morgan fingerprint density at radius 3 is 2.71 bits per heavy atom. The molecule has 0 bridgehead atoms. The fourth-order valence-electron chi connectivity index (χ4n) is 2.12. The van der Waals surface area contributed by atoms with Crippen molar-refractivity contribution in [1.82, 2.24) is 10.2 Å². The molecule has 0 saturated carbocycles. The Morgan fingerprint density at radius 2 is 2.04 bits per heavy atom. The average molecular weight is 354 g/mol. The van der Waals surface area contributed by atoms with E-state index in [9.17, 15) is 18.8 Å². The molecule has 0 radical (unpaired) electrons. The molecule has 0 unspecified atom stereocenters. The van der Waals surface area contributed by atoms with Gasteiger partial charge in [-0.3, -0.25) is 14.4 Å². The van der Waals surface area contributed by atoms with Crippen LogP contribution in [0.5, 0.6) is 0 Å². The Bertz CT molecular complexity index is 594. The van der Waals surface area contributed by atoms with Gasteiger partial charge in [0.2, 0.25) is 0 Å². The molecule has 0 aliphatic carbocycles. The third kappa shape index (κ3) is 6.19. The Morgan fingerprint density at radius 1 is 1.29 bits per heavy atom. The van der Waals surface area contributed by atoms with E-state index in [1.165, 1.54) is 23.9 Å². The first-order chi connectivity index (χ1) is 11.5. The van der Waals surface area contributed by atoms with E-state index >= 15 is 0 Å². The maximum atomic E-state index is 12.8. The molecule has 0 atom stereocenters. The summed E-state index contributed by atoms with van der Waals surface area (Å²) in [6, 6.07) is 6.03. The highest BCUT2D eigenvalue weighted by Crippen LogP contribution is 2.17. The molecule has 6 nitrogen and oxygen atoms in total. The van der Waals surface area contributed by atoms with Crippen LogP contribution in [0, 0.1) is 5.82 Å². The van der Waals surface area contributed by atoms with Gasteiger partial charge < -0.3 is 15.0 Å². The number of nitrogens with zero attached hydrogens (tertiary/aromatic N) is 1. The summed E-state index contributed by atoms with van der Waals surface area (Å²) in [6.45, 7) is 0.990. The number of carbonyl (C=O) groups is 3. The van der Waals surface area contributed by atoms with Crippen molar-refractivity contribution < 1.29 is 23.5 Å². The molecule has 1 aromatic rings. The molecule has 1 aliphatic rings. The van der Waals surface area contributed by atoms with Gasteiger partial charge in [-0.1, -0.05) is 23.9 Å². The van der Waals surface area contributed by atoms with Gasteiger partial charge in [-0.25, -0.2) is 4.39 Å². The zero-order valence-electron chi connectivity index (χ0n) is 13.1. The van der Waals surface area contributed by atoms with E-state index < -0.39 is 11.9 Å². The van der Waals surface area contributed by atoms with Gasteiger partial charge in [0.25, 0.3) is 11.1 Å². The Labute approximate surface area is 143 Å². The maximum absolute atomic E-state index is 12.8. The van der Waals surface area contributed by atoms with Crippen LogP contribution < -0.4 is 5.32 Å². The highest BCUT2D eigenvalue weighted by Gasteiger charge is 2.21. The highest BCUT2D eigenvalue weighted by molar-refractivity contribution is 8.13. The van der Waals surface area contributed by atoms with E-state index in [1.807, 2.05) is 0 Å². The van der Waals surface area contributed by atoms with Crippen molar-refractivity contribution in [2.75, 3.05) is 32.0 Å². The third-order valence-electron chi connectivity index (χ3n) is 3.44. The van der Waals surface area contributed by atoms with Crippen LogP contribution in [0.1, 0.15) is 12.0 Å². The number of benzene rings is 1. The molecular weight excluding hydrogens is 335 g/mol. The number of rotatable bonds is 8. The highest BCUT2D eigenvalue weighted by atomic mass is 32.2. The van der Waals surface area contributed by atoms with Crippen molar-refractivity contribution in [2.45, 2.75) is 12.8 Å². The third-order valence-corrected chi connectivity index (χ3v) is 4.34. The zero-order chi connectivity index (χ0) is 17.4.